The Balaban J connectivity index is 0.00000605. The maximum absolute atomic E-state index is 14.4. The fraction of sp³-hybridized carbons (Fsp3) is 0.595. The summed E-state index contributed by atoms with van der Waals surface area (Å²) in [5.41, 5.74) is -2.72. The summed E-state index contributed by atoms with van der Waals surface area (Å²) in [6.45, 7) is 3.92. The van der Waals surface area contributed by atoms with Crippen LogP contribution < -0.4 is 15.5 Å². The smallest absolute Gasteiger partial charge is 0.482 e. The number of nitrogens with zero attached hydrogens (tertiary/aromatic N) is 3. The third-order valence-corrected chi connectivity index (χ3v) is 10.1. The van der Waals surface area contributed by atoms with E-state index in [9.17, 15) is 28.0 Å². The maximum Gasteiger partial charge on any atom is 0.514 e. The second kappa shape index (κ2) is 17.1. The molecule has 12 nitrogen and oxygen atoms in total. The largest absolute Gasteiger partial charge is 0.514 e. The van der Waals surface area contributed by atoms with E-state index >= 15 is 0 Å². The van der Waals surface area contributed by atoms with Crippen molar-refractivity contribution in [1.29, 1.82) is 0 Å². The molecule has 5 rings (SSSR count). The second-order valence-electron chi connectivity index (χ2n) is 13.6. The molecule has 2 amide bonds. The molecule has 0 aliphatic carbocycles. The average Bonchev–Trinajstić information content (AvgIpc) is 3.49. The molecule has 280 valence electrons. The molecule has 3 atom stereocenters. The fourth-order valence-corrected chi connectivity index (χ4v) is 7.07. The highest BCUT2D eigenvalue weighted by Crippen LogP contribution is 2.46. The summed E-state index contributed by atoms with van der Waals surface area (Å²) in [4.78, 5) is 62.2. The molecule has 1 aromatic heterocycles. The van der Waals surface area contributed by atoms with Crippen LogP contribution in [0.15, 0.2) is 34.3 Å². The number of hydrogen-bond acceptors (Lipinski definition) is 9. The van der Waals surface area contributed by atoms with Crippen molar-refractivity contribution in [2.24, 2.45) is 5.16 Å². The van der Waals surface area contributed by atoms with Gasteiger partial charge in [-0.2, -0.15) is 0 Å². The first-order chi connectivity index (χ1) is 24.6. The van der Waals surface area contributed by atoms with Gasteiger partial charge < -0.3 is 33.8 Å². The topological polar surface area (TPSA) is 138 Å². The standard InChI is InChI=1S/C37H48F2N4O8.H2/c1-4-5-6-7-8-9-10-11-12-13-18-49-36(47)50-33-31-35(46)42-23-29(37(17-16-24(42)2)20-30(48-3)41-51-37)43(31)22-27(32(33)44)34(45)40-21-25-14-15-26(38)19-28(25)39;/h14-15,19,22,24,29H,4-13,16-18,20-21,23H2,1-3H3,(H,40,45);1H/t24-,29+,37-;/m0./s1. The third kappa shape index (κ3) is 8.70. The number of unbranched alkanes of at least 4 members (excludes halogenated alkanes) is 9. The molecule has 2 aromatic rings. The Bertz CT molecular complexity index is 1690. The van der Waals surface area contributed by atoms with Gasteiger partial charge in [0.15, 0.2) is 11.3 Å². The molecule has 1 fully saturated rings. The first-order valence-electron chi connectivity index (χ1n) is 18.0. The van der Waals surface area contributed by atoms with Crippen LogP contribution in [0, 0.1) is 11.6 Å². The molecule has 1 spiro atoms. The average molecular weight is 717 g/mol. The van der Waals surface area contributed by atoms with E-state index in [1.54, 1.807) is 4.90 Å². The van der Waals surface area contributed by atoms with Crippen molar-refractivity contribution in [2.45, 2.75) is 122 Å². The Morgan fingerprint density at radius 1 is 1.08 bits per heavy atom. The van der Waals surface area contributed by atoms with Crippen molar-refractivity contribution in [1.82, 2.24) is 14.8 Å². The van der Waals surface area contributed by atoms with E-state index in [0.29, 0.717) is 31.2 Å². The van der Waals surface area contributed by atoms with Crippen molar-refractivity contribution in [2.75, 3.05) is 20.3 Å². The molecule has 0 saturated carbocycles. The van der Waals surface area contributed by atoms with Gasteiger partial charge in [-0.05, 0) is 32.3 Å². The Hall–Kier alpha value is -4.49. The number of aromatic nitrogens is 1. The quantitative estimate of drug-likeness (QED) is 0.153. The van der Waals surface area contributed by atoms with Crippen LogP contribution in [0.3, 0.4) is 0 Å². The minimum Gasteiger partial charge on any atom is -0.482 e. The van der Waals surface area contributed by atoms with Gasteiger partial charge in [0.05, 0.1) is 26.2 Å². The highest BCUT2D eigenvalue weighted by Gasteiger charge is 2.55. The number of methoxy groups -OCH3 is 1. The summed E-state index contributed by atoms with van der Waals surface area (Å²) in [5.74, 6) is -3.44. The molecule has 3 aliphatic heterocycles. The number of fused-ring (bicyclic) bond motifs is 5. The van der Waals surface area contributed by atoms with Crippen molar-refractivity contribution in [3.8, 4) is 5.75 Å². The normalized spacial score (nSPS) is 20.7. The van der Waals surface area contributed by atoms with Crippen LogP contribution in [-0.2, 0) is 20.9 Å². The van der Waals surface area contributed by atoms with Gasteiger partial charge in [-0.25, -0.2) is 13.6 Å². The number of benzene rings is 1. The van der Waals surface area contributed by atoms with E-state index in [1.165, 1.54) is 62.5 Å². The fourth-order valence-electron chi connectivity index (χ4n) is 7.07. The van der Waals surface area contributed by atoms with E-state index in [-0.39, 0.29) is 44.8 Å². The van der Waals surface area contributed by atoms with Gasteiger partial charge in [-0.3, -0.25) is 14.4 Å². The van der Waals surface area contributed by atoms with Crippen LogP contribution in [0.25, 0.3) is 0 Å². The van der Waals surface area contributed by atoms with E-state index in [1.807, 2.05) is 6.92 Å². The Morgan fingerprint density at radius 3 is 2.45 bits per heavy atom. The summed E-state index contributed by atoms with van der Waals surface area (Å²) >= 11 is 0. The predicted molar refractivity (Wildman–Crippen MR) is 186 cm³/mol. The molecule has 0 unspecified atom stereocenters. The van der Waals surface area contributed by atoms with E-state index < -0.39 is 58.0 Å². The van der Waals surface area contributed by atoms with Crippen molar-refractivity contribution < 1.29 is 43.6 Å². The summed E-state index contributed by atoms with van der Waals surface area (Å²) in [7, 11) is 1.47. The van der Waals surface area contributed by atoms with Gasteiger partial charge in [0.1, 0.15) is 17.2 Å². The number of hydrogen-bond donors (Lipinski definition) is 1. The number of pyridine rings is 1. The van der Waals surface area contributed by atoms with Gasteiger partial charge in [0.2, 0.25) is 17.1 Å². The SMILES string of the molecule is CCCCCCCCCCCCOC(=O)Oc1c2n(cc(C(=O)NCc3ccc(F)cc3F)c1=O)[C@@H]1CN(C2=O)[C@@H](C)CC[C@]12CC(OC)=NO2.[HH]. The molecule has 2 bridgehead atoms. The van der Waals surface area contributed by atoms with Crippen molar-refractivity contribution in [3.63, 3.8) is 0 Å². The Labute approximate surface area is 297 Å². The van der Waals surface area contributed by atoms with Crippen LogP contribution in [-0.4, -0.2) is 65.2 Å². The molecule has 1 aromatic carbocycles. The second-order valence-corrected chi connectivity index (χ2v) is 13.6. The summed E-state index contributed by atoms with van der Waals surface area (Å²) in [6.07, 6.45) is 12.3. The van der Waals surface area contributed by atoms with E-state index in [4.69, 9.17) is 19.0 Å². The lowest BCUT2D eigenvalue weighted by molar-refractivity contribution is -0.0655. The first kappa shape index (κ1) is 37.8. The van der Waals surface area contributed by atoms with Gasteiger partial charge >= 0.3 is 6.16 Å². The summed E-state index contributed by atoms with van der Waals surface area (Å²) in [6, 6.07) is 1.98. The zero-order valence-electron chi connectivity index (χ0n) is 29.6. The van der Waals surface area contributed by atoms with Gasteiger partial charge in [0, 0.05) is 38.4 Å². The van der Waals surface area contributed by atoms with Gasteiger partial charge in [-0.15, -0.1) is 0 Å². The number of oxime groups is 1. The van der Waals surface area contributed by atoms with Crippen molar-refractivity contribution in [3.05, 3.63) is 63.1 Å². The molecule has 0 radical (unpaired) electrons. The number of carbonyl (C=O) groups excluding carboxylic acids is 3. The molecular formula is C37H50F2N4O8. The van der Waals surface area contributed by atoms with Gasteiger partial charge in [-0.1, -0.05) is 75.9 Å². The number of ether oxygens (including phenoxy) is 3. The predicted octanol–water partition coefficient (Wildman–Crippen LogP) is 7.04. The molecule has 3 aliphatic rings. The Morgan fingerprint density at radius 2 is 1.78 bits per heavy atom. The molecule has 1 N–H and O–H groups in total. The number of nitrogens with one attached hydrogen (secondary N) is 1. The molecule has 4 heterocycles. The van der Waals surface area contributed by atoms with Crippen LogP contribution in [0.2, 0.25) is 0 Å². The Kier molecular flexibility index (Phi) is 12.7. The lowest BCUT2D eigenvalue weighted by atomic mass is 9.85. The van der Waals surface area contributed by atoms with Crippen LogP contribution in [0.5, 0.6) is 5.75 Å². The highest BCUT2D eigenvalue weighted by molar-refractivity contribution is 6.00. The molecule has 1 saturated heterocycles. The number of carbonyl (C=O) groups is 3. The lowest BCUT2D eigenvalue weighted by Gasteiger charge is -2.41. The number of halogens is 2. The van der Waals surface area contributed by atoms with Crippen LogP contribution in [0.4, 0.5) is 13.6 Å². The first-order valence-corrected chi connectivity index (χ1v) is 18.0. The van der Waals surface area contributed by atoms with Crippen LogP contribution in [0.1, 0.15) is 131 Å². The molecule has 51 heavy (non-hydrogen) atoms. The summed E-state index contributed by atoms with van der Waals surface area (Å²) in [5, 5.41) is 6.60. The monoisotopic (exact) mass is 716 g/mol. The number of rotatable bonds is 15. The zero-order valence-corrected chi connectivity index (χ0v) is 29.6. The van der Waals surface area contributed by atoms with Gasteiger partial charge in [0.25, 0.3) is 11.8 Å². The molecular weight excluding hydrogens is 666 g/mol. The minimum absolute atomic E-state index is 0. The van der Waals surface area contributed by atoms with Crippen LogP contribution >= 0.6 is 0 Å². The van der Waals surface area contributed by atoms with E-state index in [0.717, 1.165) is 25.3 Å². The molecule has 14 heteroatoms. The minimum atomic E-state index is -1.18. The summed E-state index contributed by atoms with van der Waals surface area (Å²) < 4.78 is 45.5. The highest BCUT2D eigenvalue weighted by atomic mass is 19.1. The lowest BCUT2D eigenvalue weighted by Crippen LogP contribution is -2.52. The third-order valence-electron chi connectivity index (χ3n) is 10.1. The number of amides is 2. The van der Waals surface area contributed by atoms with E-state index in [2.05, 4.69) is 17.4 Å². The van der Waals surface area contributed by atoms with Crippen molar-refractivity contribution >= 4 is 23.9 Å². The maximum atomic E-state index is 14.4. The zero-order chi connectivity index (χ0) is 36.5.